The summed E-state index contributed by atoms with van der Waals surface area (Å²) in [6, 6.07) is 3.50. The van der Waals surface area contributed by atoms with E-state index in [9.17, 15) is 10.2 Å². The lowest BCUT2D eigenvalue weighted by Gasteiger charge is -2.06. The first-order chi connectivity index (χ1) is 8.65. The number of phenols is 2. The van der Waals surface area contributed by atoms with Crippen LogP contribution in [-0.2, 0) is 6.42 Å². The van der Waals surface area contributed by atoms with Crippen molar-refractivity contribution >= 4 is 0 Å². The van der Waals surface area contributed by atoms with Gasteiger partial charge in [-0.2, -0.15) is 0 Å². The van der Waals surface area contributed by atoms with Crippen molar-refractivity contribution in [3.63, 3.8) is 0 Å². The molecule has 0 bridgehead atoms. The van der Waals surface area contributed by atoms with Gasteiger partial charge >= 0.3 is 0 Å². The summed E-state index contributed by atoms with van der Waals surface area (Å²) in [7, 11) is 0. The summed E-state index contributed by atoms with van der Waals surface area (Å²) in [4.78, 5) is 0. The largest absolute Gasteiger partial charge is 0.508 e. The lowest BCUT2D eigenvalue weighted by atomic mass is 10.0. The molecule has 100 valence electrons. The van der Waals surface area contributed by atoms with Crippen LogP contribution in [0.2, 0.25) is 0 Å². The van der Waals surface area contributed by atoms with Gasteiger partial charge in [-0.25, -0.2) is 0 Å². The van der Waals surface area contributed by atoms with E-state index in [4.69, 9.17) is 0 Å². The first kappa shape index (κ1) is 14.6. The number of hydrogen-bond acceptors (Lipinski definition) is 2. The van der Waals surface area contributed by atoms with E-state index in [1.807, 2.05) is 0 Å². The summed E-state index contributed by atoms with van der Waals surface area (Å²) >= 11 is 0. The van der Waals surface area contributed by atoms with E-state index in [0.717, 1.165) is 31.2 Å². The van der Waals surface area contributed by atoms with Crippen molar-refractivity contribution in [2.75, 3.05) is 0 Å². The van der Waals surface area contributed by atoms with Crippen molar-refractivity contribution in [2.24, 2.45) is 0 Å². The molecule has 0 amide bonds. The first-order valence-corrected chi connectivity index (χ1v) is 6.81. The third kappa shape index (κ3) is 4.82. The number of benzene rings is 1. The zero-order chi connectivity index (χ0) is 13.4. The Kier molecular flexibility index (Phi) is 6.34. The van der Waals surface area contributed by atoms with Crippen molar-refractivity contribution in [1.29, 1.82) is 0 Å². The number of aromatic hydroxyl groups is 2. The Labute approximate surface area is 110 Å². The lowest BCUT2D eigenvalue weighted by molar-refractivity contribution is 0.441. The molecule has 0 aliphatic carbocycles. The molecule has 0 spiro atoms. The number of allylic oxidation sites excluding steroid dienone is 2. The molecule has 0 heterocycles. The molecule has 0 aromatic heterocycles. The highest BCUT2D eigenvalue weighted by Crippen LogP contribution is 2.28. The molecular weight excluding hydrogens is 224 g/mol. The fourth-order valence-electron chi connectivity index (χ4n) is 1.88. The van der Waals surface area contributed by atoms with Crippen molar-refractivity contribution in [2.45, 2.75) is 52.4 Å². The molecule has 0 saturated carbocycles. The second-order valence-electron chi connectivity index (χ2n) is 4.76. The molecule has 2 N–H and O–H groups in total. The zero-order valence-corrected chi connectivity index (χ0v) is 11.4. The van der Waals surface area contributed by atoms with Crippen molar-refractivity contribution < 1.29 is 10.2 Å². The zero-order valence-electron chi connectivity index (χ0n) is 11.4. The van der Waals surface area contributed by atoms with Crippen molar-refractivity contribution in [3.8, 4) is 11.5 Å². The maximum atomic E-state index is 9.61. The summed E-state index contributed by atoms with van der Waals surface area (Å²) in [5.41, 5.74) is 1.56. The van der Waals surface area contributed by atoms with Gasteiger partial charge in [0.15, 0.2) is 0 Å². The molecule has 0 saturated heterocycles. The SMILES string of the molecule is CCCC=CCCCCc1cc(O)c(C)c(O)c1. The Balaban J connectivity index is 2.31. The van der Waals surface area contributed by atoms with Crippen LogP contribution in [0.3, 0.4) is 0 Å². The number of hydrogen-bond donors (Lipinski definition) is 2. The minimum Gasteiger partial charge on any atom is -0.508 e. The van der Waals surface area contributed by atoms with E-state index in [2.05, 4.69) is 19.1 Å². The third-order valence-electron chi connectivity index (χ3n) is 3.12. The Morgan fingerprint density at radius 2 is 1.61 bits per heavy atom. The van der Waals surface area contributed by atoms with Crippen LogP contribution in [0.25, 0.3) is 0 Å². The van der Waals surface area contributed by atoms with Crippen LogP contribution in [0, 0.1) is 6.92 Å². The van der Waals surface area contributed by atoms with Crippen LogP contribution in [0.15, 0.2) is 24.3 Å². The molecule has 0 aliphatic rings. The smallest absolute Gasteiger partial charge is 0.122 e. The summed E-state index contributed by atoms with van der Waals surface area (Å²) in [6.45, 7) is 3.90. The highest BCUT2D eigenvalue weighted by atomic mass is 16.3. The standard InChI is InChI=1S/C16H24O2/c1-3-4-5-6-7-8-9-10-14-11-15(17)13(2)16(18)12-14/h5-6,11-12,17-18H,3-4,7-10H2,1-2H3. The van der Waals surface area contributed by atoms with E-state index >= 15 is 0 Å². The molecule has 2 heteroatoms. The minimum absolute atomic E-state index is 0.188. The van der Waals surface area contributed by atoms with Gasteiger partial charge in [-0.15, -0.1) is 0 Å². The van der Waals surface area contributed by atoms with E-state index in [0.29, 0.717) is 5.56 Å². The van der Waals surface area contributed by atoms with Crippen molar-refractivity contribution in [1.82, 2.24) is 0 Å². The molecule has 1 aromatic rings. The van der Waals surface area contributed by atoms with Gasteiger partial charge in [0.2, 0.25) is 0 Å². The maximum Gasteiger partial charge on any atom is 0.122 e. The molecular formula is C16H24O2. The summed E-state index contributed by atoms with van der Waals surface area (Å²) in [5.74, 6) is 0.376. The van der Waals surface area contributed by atoms with Crippen LogP contribution < -0.4 is 0 Å². The molecule has 0 atom stereocenters. The number of phenolic OH excluding ortho intramolecular Hbond substituents is 2. The lowest BCUT2D eigenvalue weighted by Crippen LogP contribution is -1.87. The second-order valence-corrected chi connectivity index (χ2v) is 4.76. The van der Waals surface area contributed by atoms with Gasteiger partial charge in [0.05, 0.1) is 0 Å². The minimum atomic E-state index is 0.188. The number of aryl methyl sites for hydroxylation is 1. The van der Waals surface area contributed by atoms with Gasteiger partial charge in [-0.1, -0.05) is 25.5 Å². The highest BCUT2D eigenvalue weighted by molar-refractivity contribution is 5.45. The molecule has 1 aromatic carbocycles. The summed E-state index contributed by atoms with van der Waals surface area (Å²) in [5, 5.41) is 19.2. The quantitative estimate of drug-likeness (QED) is 0.552. The van der Waals surface area contributed by atoms with Gasteiger partial charge in [-0.3, -0.25) is 0 Å². The fraction of sp³-hybridized carbons (Fsp3) is 0.500. The van der Waals surface area contributed by atoms with Crippen LogP contribution in [-0.4, -0.2) is 10.2 Å². The number of unbranched alkanes of at least 4 members (excludes halogenated alkanes) is 3. The second kappa shape index (κ2) is 7.80. The Hall–Kier alpha value is -1.44. The van der Waals surface area contributed by atoms with Crippen LogP contribution >= 0.6 is 0 Å². The normalized spacial score (nSPS) is 11.2. The van der Waals surface area contributed by atoms with E-state index in [1.165, 1.54) is 12.8 Å². The van der Waals surface area contributed by atoms with E-state index in [-0.39, 0.29) is 11.5 Å². The van der Waals surface area contributed by atoms with Gasteiger partial charge in [0.25, 0.3) is 0 Å². The molecule has 0 radical (unpaired) electrons. The molecule has 0 aliphatic heterocycles. The van der Waals surface area contributed by atoms with Crippen molar-refractivity contribution in [3.05, 3.63) is 35.4 Å². The maximum absolute atomic E-state index is 9.61. The monoisotopic (exact) mass is 248 g/mol. The average molecular weight is 248 g/mol. The van der Waals surface area contributed by atoms with Crippen LogP contribution in [0.5, 0.6) is 11.5 Å². The van der Waals surface area contributed by atoms with Gasteiger partial charge in [0, 0.05) is 5.56 Å². The predicted octanol–water partition coefficient (Wildman–Crippen LogP) is 4.48. The summed E-state index contributed by atoms with van der Waals surface area (Å²) < 4.78 is 0. The molecule has 1 rings (SSSR count). The average Bonchev–Trinajstić information content (AvgIpc) is 2.34. The molecule has 0 fully saturated rings. The Morgan fingerprint density at radius 3 is 2.22 bits per heavy atom. The highest BCUT2D eigenvalue weighted by Gasteiger charge is 2.04. The van der Waals surface area contributed by atoms with E-state index < -0.39 is 0 Å². The van der Waals surface area contributed by atoms with Gasteiger partial charge in [-0.05, 0) is 56.7 Å². The van der Waals surface area contributed by atoms with Gasteiger partial charge < -0.3 is 10.2 Å². The predicted molar refractivity (Wildman–Crippen MR) is 76.1 cm³/mol. The van der Waals surface area contributed by atoms with E-state index in [1.54, 1.807) is 19.1 Å². The number of rotatable bonds is 7. The third-order valence-corrected chi connectivity index (χ3v) is 3.12. The Morgan fingerprint density at radius 1 is 1.00 bits per heavy atom. The molecule has 2 nitrogen and oxygen atoms in total. The molecule has 0 unspecified atom stereocenters. The van der Waals surface area contributed by atoms with Crippen LogP contribution in [0.1, 0.15) is 50.2 Å². The molecule has 18 heavy (non-hydrogen) atoms. The Bertz CT molecular complexity index is 371. The first-order valence-electron chi connectivity index (χ1n) is 6.81. The van der Waals surface area contributed by atoms with Gasteiger partial charge in [0.1, 0.15) is 11.5 Å². The topological polar surface area (TPSA) is 40.5 Å². The summed E-state index contributed by atoms with van der Waals surface area (Å²) in [6.07, 6.45) is 11.1. The fourth-order valence-corrected chi connectivity index (χ4v) is 1.88. The van der Waals surface area contributed by atoms with Crippen LogP contribution in [0.4, 0.5) is 0 Å².